The lowest BCUT2D eigenvalue weighted by atomic mass is 10.2. The molecule has 4 heteroatoms. The zero-order chi connectivity index (χ0) is 9.56. The first-order valence-corrected chi connectivity index (χ1v) is 4.02. The van der Waals surface area contributed by atoms with Crippen LogP contribution in [0.2, 0.25) is 0 Å². The Morgan fingerprint density at radius 2 is 2.17 bits per heavy atom. The zero-order valence-electron chi connectivity index (χ0n) is 8.05. The fourth-order valence-electron chi connectivity index (χ4n) is 0.722. The minimum atomic E-state index is -0.158. The van der Waals surface area contributed by atoms with E-state index in [4.69, 9.17) is 0 Å². The predicted octanol–water partition coefficient (Wildman–Crippen LogP) is 0.923. The highest BCUT2D eigenvalue weighted by Crippen LogP contribution is 1.89. The van der Waals surface area contributed by atoms with Crippen molar-refractivity contribution in [1.29, 1.82) is 0 Å². The summed E-state index contributed by atoms with van der Waals surface area (Å²) in [5.74, 6) is -0.158. The Hall–Kier alpha value is -1.06. The summed E-state index contributed by atoms with van der Waals surface area (Å²) in [6, 6.07) is 0.131. The summed E-state index contributed by atoms with van der Waals surface area (Å²) in [4.78, 5) is 15.8. The molecular formula is C8H16N2O2. The van der Waals surface area contributed by atoms with E-state index in [1.165, 1.54) is 7.11 Å². The van der Waals surface area contributed by atoms with E-state index in [2.05, 4.69) is 15.3 Å². The Morgan fingerprint density at radius 3 is 2.50 bits per heavy atom. The molecule has 0 bridgehead atoms. The van der Waals surface area contributed by atoms with Crippen molar-refractivity contribution in [2.24, 2.45) is 5.16 Å². The first kappa shape index (κ1) is 10.9. The van der Waals surface area contributed by atoms with Gasteiger partial charge in [-0.15, -0.1) is 0 Å². The average molecular weight is 172 g/mol. The van der Waals surface area contributed by atoms with Crippen LogP contribution in [0.1, 0.15) is 27.2 Å². The second kappa shape index (κ2) is 5.57. The van der Waals surface area contributed by atoms with Gasteiger partial charge in [0.25, 0.3) is 5.91 Å². The van der Waals surface area contributed by atoms with Crippen LogP contribution in [0.5, 0.6) is 0 Å². The van der Waals surface area contributed by atoms with Gasteiger partial charge in [-0.2, -0.15) is 0 Å². The third-order valence-electron chi connectivity index (χ3n) is 1.22. The topological polar surface area (TPSA) is 50.7 Å². The minimum Gasteiger partial charge on any atom is -0.399 e. The summed E-state index contributed by atoms with van der Waals surface area (Å²) >= 11 is 0. The summed E-state index contributed by atoms with van der Waals surface area (Å²) in [6.07, 6.45) is 0.576. The molecule has 0 aliphatic rings. The summed E-state index contributed by atoms with van der Waals surface area (Å²) < 4.78 is 0. The lowest BCUT2D eigenvalue weighted by molar-refractivity contribution is -0.115. The van der Waals surface area contributed by atoms with Crippen LogP contribution in [0, 0.1) is 0 Å². The van der Waals surface area contributed by atoms with E-state index in [1.807, 2.05) is 20.8 Å². The molecule has 0 saturated heterocycles. The Kier molecular flexibility index (Phi) is 5.08. The quantitative estimate of drug-likeness (QED) is 0.506. The molecule has 0 heterocycles. The molecule has 1 amide bonds. The van der Waals surface area contributed by atoms with Gasteiger partial charge in [-0.1, -0.05) is 12.1 Å². The number of oxime groups is 1. The van der Waals surface area contributed by atoms with Gasteiger partial charge in [0.05, 0.1) is 0 Å². The van der Waals surface area contributed by atoms with E-state index in [0.29, 0.717) is 12.1 Å². The Balaban J connectivity index is 4.13. The van der Waals surface area contributed by atoms with Gasteiger partial charge in [0.2, 0.25) is 0 Å². The second-order valence-electron chi connectivity index (χ2n) is 2.70. The molecule has 1 N–H and O–H groups in total. The number of rotatable bonds is 4. The average Bonchev–Trinajstić information content (AvgIpc) is 1.98. The van der Waals surface area contributed by atoms with E-state index in [1.54, 1.807) is 0 Å². The Labute approximate surface area is 73.0 Å². The van der Waals surface area contributed by atoms with E-state index in [-0.39, 0.29) is 11.9 Å². The number of amides is 1. The van der Waals surface area contributed by atoms with Crippen molar-refractivity contribution in [1.82, 2.24) is 5.32 Å². The fourth-order valence-corrected chi connectivity index (χ4v) is 0.722. The molecule has 0 aromatic heterocycles. The fraction of sp³-hybridized carbons (Fsp3) is 0.750. The van der Waals surface area contributed by atoms with Crippen molar-refractivity contribution in [3.8, 4) is 0 Å². The van der Waals surface area contributed by atoms with Crippen LogP contribution in [-0.2, 0) is 9.63 Å². The van der Waals surface area contributed by atoms with Gasteiger partial charge in [0.1, 0.15) is 12.8 Å². The monoisotopic (exact) mass is 172 g/mol. The first-order chi connectivity index (χ1) is 5.61. The van der Waals surface area contributed by atoms with Crippen LogP contribution in [0.15, 0.2) is 5.16 Å². The third-order valence-corrected chi connectivity index (χ3v) is 1.22. The molecule has 0 aromatic rings. The molecule has 0 atom stereocenters. The molecule has 0 rings (SSSR count). The number of hydrogen-bond donors (Lipinski definition) is 1. The van der Waals surface area contributed by atoms with Crippen LogP contribution < -0.4 is 5.32 Å². The van der Waals surface area contributed by atoms with Gasteiger partial charge < -0.3 is 10.2 Å². The number of carbonyl (C=O) groups is 1. The summed E-state index contributed by atoms with van der Waals surface area (Å²) in [7, 11) is 1.43. The summed E-state index contributed by atoms with van der Waals surface area (Å²) in [5, 5.41) is 6.33. The largest absolute Gasteiger partial charge is 0.399 e. The van der Waals surface area contributed by atoms with Gasteiger partial charge in [-0.05, 0) is 20.3 Å². The molecular weight excluding hydrogens is 156 g/mol. The maximum atomic E-state index is 11.3. The molecule has 0 saturated carbocycles. The molecule has 70 valence electrons. The Bertz CT molecular complexity index is 176. The minimum absolute atomic E-state index is 0.131. The normalized spacial score (nSPS) is 11.6. The highest BCUT2D eigenvalue weighted by atomic mass is 16.6. The maximum absolute atomic E-state index is 11.3. The molecule has 4 nitrogen and oxygen atoms in total. The molecule has 0 aliphatic heterocycles. The molecule has 0 unspecified atom stereocenters. The highest BCUT2D eigenvalue weighted by molar-refractivity contribution is 6.38. The zero-order valence-corrected chi connectivity index (χ0v) is 8.05. The van der Waals surface area contributed by atoms with Gasteiger partial charge in [-0.3, -0.25) is 4.79 Å². The Morgan fingerprint density at radius 1 is 1.58 bits per heavy atom. The van der Waals surface area contributed by atoms with Crippen molar-refractivity contribution in [3.05, 3.63) is 0 Å². The lowest BCUT2D eigenvalue weighted by Crippen LogP contribution is -2.35. The first-order valence-electron chi connectivity index (χ1n) is 4.02. The van der Waals surface area contributed by atoms with Crippen molar-refractivity contribution < 1.29 is 9.63 Å². The van der Waals surface area contributed by atoms with Gasteiger partial charge in [0, 0.05) is 6.04 Å². The number of carbonyl (C=O) groups excluding carboxylic acids is 1. The van der Waals surface area contributed by atoms with Crippen molar-refractivity contribution >= 4 is 11.6 Å². The van der Waals surface area contributed by atoms with Crippen molar-refractivity contribution in [2.45, 2.75) is 33.2 Å². The molecule has 0 spiro atoms. The highest BCUT2D eigenvalue weighted by Gasteiger charge is 2.10. The molecule has 0 aromatic carbocycles. The van der Waals surface area contributed by atoms with E-state index >= 15 is 0 Å². The van der Waals surface area contributed by atoms with Crippen LogP contribution >= 0.6 is 0 Å². The number of hydrogen-bond acceptors (Lipinski definition) is 3. The maximum Gasteiger partial charge on any atom is 0.269 e. The molecule has 0 fully saturated rings. The predicted molar refractivity (Wildman–Crippen MR) is 48.0 cm³/mol. The third kappa shape index (κ3) is 3.95. The SMILES string of the molecule is CC/C(=N\OC)C(=O)NC(C)C. The van der Waals surface area contributed by atoms with Gasteiger partial charge >= 0.3 is 0 Å². The number of nitrogens with one attached hydrogen (secondary N) is 1. The molecule has 0 radical (unpaired) electrons. The van der Waals surface area contributed by atoms with Crippen molar-refractivity contribution in [3.63, 3.8) is 0 Å². The summed E-state index contributed by atoms with van der Waals surface area (Å²) in [6.45, 7) is 5.66. The van der Waals surface area contributed by atoms with E-state index in [0.717, 1.165) is 0 Å². The van der Waals surface area contributed by atoms with Crippen molar-refractivity contribution in [2.75, 3.05) is 7.11 Å². The number of nitrogens with zero attached hydrogens (tertiary/aromatic N) is 1. The summed E-state index contributed by atoms with van der Waals surface area (Å²) in [5.41, 5.74) is 0.422. The van der Waals surface area contributed by atoms with Crippen LogP contribution in [0.4, 0.5) is 0 Å². The second-order valence-corrected chi connectivity index (χ2v) is 2.70. The van der Waals surface area contributed by atoms with E-state index in [9.17, 15) is 4.79 Å². The van der Waals surface area contributed by atoms with Crippen LogP contribution in [0.25, 0.3) is 0 Å². The van der Waals surface area contributed by atoms with Crippen LogP contribution in [0.3, 0.4) is 0 Å². The molecule has 12 heavy (non-hydrogen) atoms. The standard InChI is InChI=1S/C8H16N2O2/c1-5-7(10-12-4)8(11)9-6(2)3/h6H,5H2,1-4H3,(H,9,11)/b10-7+. The van der Waals surface area contributed by atoms with E-state index < -0.39 is 0 Å². The molecule has 0 aliphatic carbocycles. The van der Waals surface area contributed by atoms with Gasteiger partial charge in [0.15, 0.2) is 0 Å². The smallest absolute Gasteiger partial charge is 0.269 e. The lowest BCUT2D eigenvalue weighted by Gasteiger charge is -2.07. The van der Waals surface area contributed by atoms with Crippen LogP contribution in [-0.4, -0.2) is 24.8 Å². The van der Waals surface area contributed by atoms with Gasteiger partial charge in [-0.25, -0.2) is 0 Å².